The molecule has 0 aromatic carbocycles. The lowest BCUT2D eigenvalue weighted by molar-refractivity contribution is -0.134. The normalized spacial score (nSPS) is 18.4. The van der Waals surface area contributed by atoms with Crippen molar-refractivity contribution in [2.45, 2.75) is 57.9 Å². The second-order valence-electron chi connectivity index (χ2n) is 6.47. The highest BCUT2D eigenvalue weighted by molar-refractivity contribution is 5.77. The predicted molar refractivity (Wildman–Crippen MR) is 93.6 cm³/mol. The molecule has 1 aliphatic rings. The van der Waals surface area contributed by atoms with E-state index in [1.807, 2.05) is 23.1 Å². The van der Waals surface area contributed by atoms with Crippen LogP contribution in [0.25, 0.3) is 0 Å². The lowest BCUT2D eigenvalue weighted by Crippen LogP contribution is -2.34. The maximum Gasteiger partial charge on any atom is 0.223 e. The molecule has 0 radical (unpaired) electrons. The summed E-state index contributed by atoms with van der Waals surface area (Å²) in [7, 11) is 0. The predicted octanol–water partition coefficient (Wildman–Crippen LogP) is 4.31. The standard InChI is InChI=1S/C20H26N2O2/c1-2-17-8-9-19(24-17)18-6-4-3-5-15-22(18)20(23)10-7-16-11-13-21-14-12-16/h8-9,11-14,18H,2-7,10,15H2,1H3/t18-/m0/s1. The lowest BCUT2D eigenvalue weighted by atomic mass is 10.1. The largest absolute Gasteiger partial charge is 0.464 e. The third kappa shape index (κ3) is 4.05. The number of carbonyl (C=O) groups excluding carboxylic acids is 1. The summed E-state index contributed by atoms with van der Waals surface area (Å²) in [5, 5.41) is 0. The van der Waals surface area contributed by atoms with Crippen LogP contribution in [0, 0.1) is 0 Å². The molecule has 3 heterocycles. The number of aryl methyl sites for hydroxylation is 2. The number of hydrogen-bond acceptors (Lipinski definition) is 3. The second kappa shape index (κ2) is 8.13. The molecule has 1 amide bonds. The average molecular weight is 326 g/mol. The molecule has 128 valence electrons. The summed E-state index contributed by atoms with van der Waals surface area (Å²) < 4.78 is 5.97. The van der Waals surface area contributed by atoms with Crippen molar-refractivity contribution in [1.82, 2.24) is 9.88 Å². The first-order chi connectivity index (χ1) is 11.8. The zero-order valence-electron chi connectivity index (χ0n) is 14.4. The van der Waals surface area contributed by atoms with Crippen LogP contribution in [0.15, 0.2) is 41.1 Å². The Morgan fingerprint density at radius 1 is 1.21 bits per heavy atom. The van der Waals surface area contributed by atoms with Crippen LogP contribution in [0.2, 0.25) is 0 Å². The number of aromatic nitrogens is 1. The van der Waals surface area contributed by atoms with Crippen molar-refractivity contribution in [3.8, 4) is 0 Å². The molecule has 1 fully saturated rings. The molecule has 4 nitrogen and oxygen atoms in total. The van der Waals surface area contributed by atoms with Gasteiger partial charge in [0.1, 0.15) is 11.5 Å². The molecule has 1 aliphatic heterocycles. The lowest BCUT2D eigenvalue weighted by Gasteiger charge is -2.29. The summed E-state index contributed by atoms with van der Waals surface area (Å²) in [4.78, 5) is 18.9. The van der Waals surface area contributed by atoms with E-state index in [1.165, 1.54) is 6.42 Å². The van der Waals surface area contributed by atoms with Gasteiger partial charge >= 0.3 is 0 Å². The van der Waals surface area contributed by atoms with E-state index in [1.54, 1.807) is 12.4 Å². The van der Waals surface area contributed by atoms with Gasteiger partial charge in [0.2, 0.25) is 5.91 Å². The summed E-state index contributed by atoms with van der Waals surface area (Å²) in [6.45, 7) is 2.93. The van der Waals surface area contributed by atoms with Crippen molar-refractivity contribution in [2.75, 3.05) is 6.54 Å². The molecule has 2 aromatic heterocycles. The summed E-state index contributed by atoms with van der Waals surface area (Å²) >= 11 is 0. The van der Waals surface area contributed by atoms with Gasteiger partial charge < -0.3 is 9.32 Å². The number of pyridine rings is 1. The average Bonchev–Trinajstić information content (AvgIpc) is 2.97. The first-order valence-electron chi connectivity index (χ1n) is 9.05. The number of furan rings is 1. The first kappa shape index (κ1) is 16.7. The third-order valence-corrected chi connectivity index (χ3v) is 4.81. The Hall–Kier alpha value is -2.10. The quantitative estimate of drug-likeness (QED) is 0.822. The van der Waals surface area contributed by atoms with Crippen LogP contribution in [0.1, 0.15) is 62.2 Å². The molecule has 4 heteroatoms. The van der Waals surface area contributed by atoms with Gasteiger partial charge in [0.25, 0.3) is 0 Å². The van der Waals surface area contributed by atoms with Crippen LogP contribution in [-0.4, -0.2) is 22.3 Å². The van der Waals surface area contributed by atoms with Crippen molar-refractivity contribution in [2.24, 2.45) is 0 Å². The Balaban J connectivity index is 1.70. The van der Waals surface area contributed by atoms with Crippen molar-refractivity contribution >= 4 is 5.91 Å². The molecule has 0 unspecified atom stereocenters. The van der Waals surface area contributed by atoms with Gasteiger partial charge in [0.15, 0.2) is 0 Å². The van der Waals surface area contributed by atoms with Crippen molar-refractivity contribution < 1.29 is 9.21 Å². The van der Waals surface area contributed by atoms with E-state index in [4.69, 9.17) is 4.42 Å². The van der Waals surface area contributed by atoms with Crippen molar-refractivity contribution in [3.05, 3.63) is 53.7 Å². The van der Waals surface area contributed by atoms with Crippen LogP contribution >= 0.6 is 0 Å². The van der Waals surface area contributed by atoms with Crippen LogP contribution in [0.5, 0.6) is 0 Å². The monoisotopic (exact) mass is 326 g/mol. The number of carbonyl (C=O) groups is 1. The van der Waals surface area contributed by atoms with Crippen LogP contribution in [0.3, 0.4) is 0 Å². The number of hydrogen-bond donors (Lipinski definition) is 0. The number of amides is 1. The van der Waals surface area contributed by atoms with Gasteiger partial charge in [-0.15, -0.1) is 0 Å². The van der Waals surface area contributed by atoms with Gasteiger partial charge in [-0.25, -0.2) is 0 Å². The van der Waals surface area contributed by atoms with Gasteiger partial charge in [0.05, 0.1) is 6.04 Å². The van der Waals surface area contributed by atoms with Crippen molar-refractivity contribution in [3.63, 3.8) is 0 Å². The molecular weight excluding hydrogens is 300 g/mol. The molecule has 3 rings (SSSR count). The number of nitrogens with zero attached hydrogens (tertiary/aromatic N) is 2. The highest BCUT2D eigenvalue weighted by Gasteiger charge is 2.28. The van der Waals surface area contributed by atoms with Gasteiger partial charge in [-0.3, -0.25) is 9.78 Å². The maximum absolute atomic E-state index is 12.9. The highest BCUT2D eigenvalue weighted by Crippen LogP contribution is 2.32. The molecule has 0 bridgehead atoms. The molecular formula is C20H26N2O2. The molecule has 0 spiro atoms. The highest BCUT2D eigenvalue weighted by atomic mass is 16.3. The first-order valence-corrected chi connectivity index (χ1v) is 9.05. The summed E-state index contributed by atoms with van der Waals surface area (Å²) in [5.41, 5.74) is 1.16. The van der Waals surface area contributed by atoms with Crippen LogP contribution in [0.4, 0.5) is 0 Å². The fourth-order valence-corrected chi connectivity index (χ4v) is 3.41. The topological polar surface area (TPSA) is 46.3 Å². The SMILES string of the molecule is CCc1ccc([C@@H]2CCCCCN2C(=O)CCc2ccncc2)o1. The summed E-state index contributed by atoms with van der Waals surface area (Å²) in [6.07, 6.45) is 10.2. The Morgan fingerprint density at radius 3 is 2.79 bits per heavy atom. The maximum atomic E-state index is 12.9. The van der Waals surface area contributed by atoms with Gasteiger partial charge in [0, 0.05) is 31.8 Å². The Kier molecular flexibility index (Phi) is 5.68. The molecule has 1 saturated heterocycles. The van der Waals surface area contributed by atoms with E-state index in [-0.39, 0.29) is 11.9 Å². The summed E-state index contributed by atoms with van der Waals surface area (Å²) in [6, 6.07) is 8.15. The van der Waals surface area contributed by atoms with Gasteiger partial charge in [-0.2, -0.15) is 0 Å². The number of rotatable bonds is 5. The van der Waals surface area contributed by atoms with Crippen LogP contribution < -0.4 is 0 Å². The minimum atomic E-state index is 0.0951. The Bertz CT molecular complexity index is 651. The van der Waals surface area contributed by atoms with E-state index in [2.05, 4.69) is 18.0 Å². The minimum Gasteiger partial charge on any atom is -0.464 e. The third-order valence-electron chi connectivity index (χ3n) is 4.81. The van der Waals surface area contributed by atoms with E-state index >= 15 is 0 Å². The van der Waals surface area contributed by atoms with Crippen molar-refractivity contribution in [1.29, 1.82) is 0 Å². The molecule has 0 aliphatic carbocycles. The second-order valence-corrected chi connectivity index (χ2v) is 6.47. The van der Waals surface area contributed by atoms with E-state index in [0.717, 1.165) is 55.7 Å². The molecule has 0 saturated carbocycles. The zero-order valence-corrected chi connectivity index (χ0v) is 14.4. The molecule has 24 heavy (non-hydrogen) atoms. The minimum absolute atomic E-state index is 0.0951. The summed E-state index contributed by atoms with van der Waals surface area (Å²) in [5.74, 6) is 2.18. The Labute approximate surface area is 143 Å². The molecule has 2 aromatic rings. The molecule has 0 N–H and O–H groups in total. The Morgan fingerprint density at radius 2 is 2.04 bits per heavy atom. The fraction of sp³-hybridized carbons (Fsp3) is 0.500. The number of likely N-dealkylation sites (tertiary alicyclic amines) is 1. The smallest absolute Gasteiger partial charge is 0.223 e. The van der Waals surface area contributed by atoms with E-state index in [9.17, 15) is 4.79 Å². The molecule has 1 atom stereocenters. The fourth-order valence-electron chi connectivity index (χ4n) is 3.41. The zero-order chi connectivity index (χ0) is 16.8. The van der Waals surface area contributed by atoms with E-state index < -0.39 is 0 Å². The van der Waals surface area contributed by atoms with Gasteiger partial charge in [-0.1, -0.05) is 19.8 Å². The van der Waals surface area contributed by atoms with E-state index in [0.29, 0.717) is 6.42 Å². The van der Waals surface area contributed by atoms with Gasteiger partial charge in [-0.05, 0) is 49.1 Å². The van der Waals surface area contributed by atoms with Crippen LogP contribution in [-0.2, 0) is 17.6 Å².